The van der Waals surface area contributed by atoms with Crippen molar-refractivity contribution in [3.63, 3.8) is 0 Å². The van der Waals surface area contributed by atoms with Crippen molar-refractivity contribution < 1.29 is 54.1 Å². The van der Waals surface area contributed by atoms with Gasteiger partial charge in [0.1, 0.15) is 13.1 Å². The van der Waals surface area contributed by atoms with Gasteiger partial charge in [0.15, 0.2) is 12.4 Å². The Morgan fingerprint density at radius 3 is 0.806 bits per heavy atom. The van der Waals surface area contributed by atoms with Gasteiger partial charge in [-0.15, -0.1) is 0 Å². The van der Waals surface area contributed by atoms with Gasteiger partial charge < -0.3 is 24.3 Å². The van der Waals surface area contributed by atoms with E-state index in [9.17, 15) is 40.6 Å². The number of benzene rings is 4. The number of sulfonamides is 3. The van der Waals surface area contributed by atoms with Crippen LogP contribution in [0.2, 0.25) is 0 Å². The van der Waals surface area contributed by atoms with E-state index in [1.807, 2.05) is 0 Å². The molecule has 0 saturated heterocycles. The second-order valence-electron chi connectivity index (χ2n) is 29.6. The number of unbranched alkanes of at least 4 members (excludes halogenated alkanes) is 36. The Kier molecular flexibility index (Phi) is 47.8. The molecule has 3 aliphatic rings. The minimum absolute atomic E-state index is 0.00926. The molecule has 8 rings (SSSR count). The Morgan fingerprint density at radius 2 is 0.524 bits per heavy atom. The van der Waals surface area contributed by atoms with Crippen LogP contribution in [-0.4, -0.2) is 99.7 Å². The van der Waals surface area contributed by atoms with Crippen LogP contribution in [0.3, 0.4) is 0 Å². The fourth-order valence-corrected chi connectivity index (χ4v) is 16.2. The van der Waals surface area contributed by atoms with Crippen LogP contribution in [0.5, 0.6) is 0 Å². The smallest absolute Gasteiger partial charge is 0.282 e. The molecule has 0 fully saturated rings. The highest BCUT2D eigenvalue weighted by Gasteiger charge is 2.25. The van der Waals surface area contributed by atoms with Gasteiger partial charge in [0.2, 0.25) is 0 Å². The standard InChI is InChI=1S/C22H48N.2C21H38N.3C7H5NO3S/c1-5-7-9-11-13-15-17-19-21-23(3,4)22-20-18-16-14-12-10-8-6-2;1-4-5-6-7-8-9-10-11-12-16-19-22(2,3)20-21-17-14-13-15-18-21;1-2-3-4-5-6-7-8-9-10-11-12-13-14-16-19-22-20-17-15-18-21-22;3*9-7-5-3-1-2-4-6(5)12(10,11)8-7/h5-22H2,1-4H3;13-15,17-18H,4-12,16,19-20H2,1-3H3;15,17-18,20-21H,2-14,16,19H2,1H3;3*1-4H,(H,8,9)/q3*+1;;;/p-3. The second kappa shape index (κ2) is 53.9. The Balaban J connectivity index is 0.000000327. The zero-order chi connectivity index (χ0) is 75.3. The zero-order valence-electron chi connectivity index (χ0n) is 65.1. The third-order valence-electron chi connectivity index (χ3n) is 19.1. The van der Waals surface area contributed by atoms with Gasteiger partial charge >= 0.3 is 0 Å². The van der Waals surface area contributed by atoms with Crippen LogP contribution in [0.15, 0.2) is 162 Å². The summed E-state index contributed by atoms with van der Waals surface area (Å²) in [5.41, 5.74) is 1.95. The number of hydrogen-bond acceptors (Lipinski definition) is 9. The first-order valence-corrected chi connectivity index (χ1v) is 44.3. The van der Waals surface area contributed by atoms with E-state index >= 15 is 0 Å². The predicted octanol–water partition coefficient (Wildman–Crippen LogP) is 18.5. The summed E-state index contributed by atoms with van der Waals surface area (Å²) in [6.07, 6.45) is 61.7. The lowest BCUT2D eigenvalue weighted by atomic mass is 10.0. The average molecular weight is 1480 g/mol. The van der Waals surface area contributed by atoms with Crippen LogP contribution in [0, 0.1) is 0 Å². The summed E-state index contributed by atoms with van der Waals surface area (Å²) in [6.45, 7) is 15.6. The van der Waals surface area contributed by atoms with Crippen molar-refractivity contribution in [3.8, 4) is 0 Å². The first-order chi connectivity index (χ1) is 49.5. The number of hydrogen-bond donors (Lipinski definition) is 0. The van der Waals surface area contributed by atoms with Gasteiger partial charge in [-0.3, -0.25) is 0 Å². The molecule has 103 heavy (non-hydrogen) atoms. The van der Waals surface area contributed by atoms with E-state index < -0.39 is 47.8 Å². The van der Waals surface area contributed by atoms with Gasteiger partial charge in [0.05, 0.1) is 62.5 Å². The van der Waals surface area contributed by atoms with Gasteiger partial charge in [0.25, 0.3) is 30.1 Å². The Bertz CT molecular complexity index is 3240. The number of rotatable bonds is 46. The van der Waals surface area contributed by atoms with Crippen molar-refractivity contribution in [2.24, 2.45) is 13.2 Å². The Morgan fingerprint density at radius 1 is 0.291 bits per heavy atom. The minimum Gasteiger partial charge on any atom is -0.858 e. The molecule has 5 aromatic rings. The summed E-state index contributed by atoms with van der Waals surface area (Å²) in [4.78, 5) is 0.0278. The van der Waals surface area contributed by atoms with Crippen LogP contribution in [0.25, 0.3) is 0 Å². The van der Waals surface area contributed by atoms with Gasteiger partial charge in [-0.2, -0.15) is 38.4 Å². The fourth-order valence-electron chi connectivity index (χ4n) is 12.9. The molecule has 4 aromatic carbocycles. The summed E-state index contributed by atoms with van der Waals surface area (Å²) >= 11 is 0. The average Bonchev–Trinajstić information content (AvgIpc) is 1.66. The molecule has 0 amide bonds. The van der Waals surface area contributed by atoms with E-state index in [2.05, 4.69) is 135 Å². The molecule has 3 aliphatic heterocycles. The maximum Gasteiger partial charge on any atom is 0.282 e. The van der Waals surface area contributed by atoms with Crippen molar-refractivity contribution >= 4 is 47.8 Å². The van der Waals surface area contributed by atoms with E-state index in [0.29, 0.717) is 0 Å². The van der Waals surface area contributed by atoms with Crippen LogP contribution < -0.4 is 19.9 Å². The molecule has 0 atom stereocenters. The van der Waals surface area contributed by atoms with Crippen molar-refractivity contribution in [1.29, 1.82) is 0 Å². The summed E-state index contributed by atoms with van der Waals surface area (Å²) in [5.74, 6) is -2.03. The molecule has 15 nitrogen and oxygen atoms in total. The van der Waals surface area contributed by atoms with E-state index in [4.69, 9.17) is 0 Å². The molecule has 0 unspecified atom stereocenters. The maximum absolute atomic E-state index is 11.1. The van der Waals surface area contributed by atoms with Crippen LogP contribution in [0.1, 0.15) is 307 Å². The predicted molar refractivity (Wildman–Crippen MR) is 423 cm³/mol. The molecule has 0 saturated carbocycles. The quantitative estimate of drug-likeness (QED) is 0.0206. The first kappa shape index (κ1) is 91.4. The van der Waals surface area contributed by atoms with Crippen LogP contribution in [0.4, 0.5) is 0 Å². The number of nitrogens with zero attached hydrogens (tertiary/aromatic N) is 6. The summed E-state index contributed by atoms with van der Waals surface area (Å²) in [7, 11) is -1.45. The van der Waals surface area contributed by atoms with Gasteiger partial charge in [-0.05, 0) is 63.1 Å². The number of aryl methyl sites for hydroxylation is 1. The van der Waals surface area contributed by atoms with Gasteiger partial charge in [-0.1, -0.05) is 324 Å². The van der Waals surface area contributed by atoms with Gasteiger partial charge in [-0.25, -0.2) is 4.57 Å². The van der Waals surface area contributed by atoms with Crippen LogP contribution in [-0.2, 0) is 43.2 Å². The normalized spacial score (nSPS) is 14.0. The molecule has 578 valence electrons. The fraction of sp³-hybridized carbons (Fsp3) is 0.624. The largest absolute Gasteiger partial charge is 0.858 e. The zero-order valence-corrected chi connectivity index (χ0v) is 67.6. The van der Waals surface area contributed by atoms with E-state index in [0.717, 1.165) is 11.0 Å². The maximum atomic E-state index is 11.1. The van der Waals surface area contributed by atoms with E-state index in [1.54, 1.807) is 36.4 Å². The van der Waals surface area contributed by atoms with Crippen molar-refractivity contribution in [1.82, 2.24) is 0 Å². The van der Waals surface area contributed by atoms with Crippen LogP contribution >= 0.6 is 0 Å². The first-order valence-electron chi connectivity index (χ1n) is 40.0. The minimum atomic E-state index is -3.68. The molecule has 0 bridgehead atoms. The lowest BCUT2D eigenvalue weighted by Gasteiger charge is -2.30. The van der Waals surface area contributed by atoms with E-state index in [-0.39, 0.29) is 31.4 Å². The SMILES string of the molecule is CCCCCCCCCCCCCCCC[n+]1ccccc1.CCCCCCCCCCCC[N+](C)(C)Cc1ccccc1.CCCCCCCCCC[N+](C)(C)CCCCCCCCCC.O=S1(=O)N=C([O-])c2ccccc21.O=S1(=O)N=C([O-])c2ccccc21.O=S1(=O)N=C([O-])c2ccccc21. The van der Waals surface area contributed by atoms with E-state index in [1.165, 1.54) is 329 Å². The number of fused-ring (bicyclic) bond motifs is 3. The topological polar surface area (TPSA) is 213 Å². The third-order valence-corrected chi connectivity index (χ3v) is 23.1. The highest BCUT2D eigenvalue weighted by Crippen LogP contribution is 2.26. The summed E-state index contributed by atoms with van der Waals surface area (Å²) < 4.78 is 80.2. The number of quaternary nitrogens is 2. The molecule has 0 spiro atoms. The highest BCUT2D eigenvalue weighted by atomic mass is 32.2. The molecule has 0 aliphatic carbocycles. The van der Waals surface area contributed by atoms with Crippen molar-refractivity contribution in [2.75, 3.05) is 47.8 Å². The van der Waals surface area contributed by atoms with Crippen molar-refractivity contribution in [2.45, 2.75) is 312 Å². The summed E-state index contributed by atoms with van der Waals surface area (Å²) in [5, 5.41) is 32.8. The molecular weight excluding hydrogens is 1350 g/mol. The number of pyridine rings is 1. The molecule has 4 heterocycles. The molecular formula is C85H136N6O9S3. The highest BCUT2D eigenvalue weighted by molar-refractivity contribution is 7.91. The molecule has 1 aromatic heterocycles. The Hall–Kier alpha value is -5.79. The Labute approximate surface area is 627 Å². The molecule has 0 radical (unpaired) electrons. The summed E-state index contributed by atoms with van der Waals surface area (Å²) in [6, 6.07) is 35.2. The molecule has 18 heteroatoms. The number of aromatic nitrogens is 1. The van der Waals surface area contributed by atoms with Crippen molar-refractivity contribution in [3.05, 3.63) is 156 Å². The lowest BCUT2D eigenvalue weighted by molar-refractivity contribution is -0.903. The second-order valence-corrected chi connectivity index (χ2v) is 34.3. The third kappa shape index (κ3) is 41.1. The van der Waals surface area contributed by atoms with Gasteiger partial charge in [0, 0.05) is 58.5 Å². The molecule has 0 N–H and O–H groups in total. The monoisotopic (exact) mass is 1480 g/mol. The lowest BCUT2D eigenvalue weighted by Crippen LogP contribution is -2.41.